The fourth-order valence-electron chi connectivity index (χ4n) is 4.02. The molecular weight excluding hydrogens is 552 g/mol. The number of sulfonamides is 1. The number of hydrogen-bond acceptors (Lipinski definition) is 6. The molecule has 0 saturated carbocycles. The van der Waals surface area contributed by atoms with E-state index in [0.29, 0.717) is 23.0 Å². The van der Waals surface area contributed by atoms with Gasteiger partial charge in [0.1, 0.15) is 16.6 Å². The molecule has 208 valence electrons. The van der Waals surface area contributed by atoms with Crippen LogP contribution in [-0.4, -0.2) is 30.2 Å². The van der Waals surface area contributed by atoms with E-state index in [0.717, 1.165) is 45.9 Å². The van der Waals surface area contributed by atoms with Crippen molar-refractivity contribution in [3.05, 3.63) is 74.7 Å². The van der Waals surface area contributed by atoms with Crippen molar-refractivity contribution < 1.29 is 22.3 Å². The van der Waals surface area contributed by atoms with Gasteiger partial charge in [-0.05, 0) is 90.3 Å². The topological polar surface area (TPSA) is 82.5 Å². The van der Waals surface area contributed by atoms with Crippen LogP contribution in [0, 0.1) is 18.6 Å². The van der Waals surface area contributed by atoms with Gasteiger partial charge < -0.3 is 10.4 Å². The zero-order valence-corrected chi connectivity index (χ0v) is 24.5. The Morgan fingerprint density at radius 2 is 1.82 bits per heavy atom. The Labute approximate surface area is 232 Å². The van der Waals surface area contributed by atoms with Gasteiger partial charge in [0.15, 0.2) is 0 Å². The van der Waals surface area contributed by atoms with Crippen molar-refractivity contribution in [2.75, 3.05) is 4.31 Å². The maximum Gasteiger partial charge on any atom is 0.265 e. The highest BCUT2D eigenvalue weighted by molar-refractivity contribution is 7.92. The lowest BCUT2D eigenvalue weighted by molar-refractivity contribution is 0.0675. The zero-order chi connectivity index (χ0) is 28.3. The van der Waals surface area contributed by atoms with Crippen LogP contribution >= 0.6 is 22.9 Å². The van der Waals surface area contributed by atoms with Gasteiger partial charge in [-0.2, -0.15) is 0 Å². The summed E-state index contributed by atoms with van der Waals surface area (Å²) < 4.78 is 57.5. The highest BCUT2D eigenvalue weighted by atomic mass is 35.5. The third-order valence-corrected chi connectivity index (χ3v) is 9.65. The number of anilines is 1. The molecule has 2 unspecified atom stereocenters. The van der Waals surface area contributed by atoms with E-state index in [1.807, 2.05) is 6.92 Å². The lowest BCUT2D eigenvalue weighted by atomic mass is 10.00. The number of rotatable bonds is 12. The van der Waals surface area contributed by atoms with Gasteiger partial charge in [0, 0.05) is 28.6 Å². The van der Waals surface area contributed by atoms with Crippen molar-refractivity contribution in [3.63, 3.8) is 0 Å². The van der Waals surface area contributed by atoms with Crippen molar-refractivity contribution in [1.82, 2.24) is 10.3 Å². The van der Waals surface area contributed by atoms with Crippen molar-refractivity contribution in [1.29, 1.82) is 0 Å². The summed E-state index contributed by atoms with van der Waals surface area (Å²) in [5, 5.41) is 14.2. The smallest absolute Gasteiger partial charge is 0.265 e. The minimum absolute atomic E-state index is 0.104. The van der Waals surface area contributed by atoms with Crippen molar-refractivity contribution in [2.24, 2.45) is 0 Å². The Bertz CT molecular complexity index is 1340. The Hall–Kier alpha value is -2.11. The van der Waals surface area contributed by atoms with E-state index in [1.54, 1.807) is 20.8 Å². The second-order valence-electron chi connectivity index (χ2n) is 10.1. The van der Waals surface area contributed by atoms with Crippen LogP contribution in [0.3, 0.4) is 0 Å². The molecule has 1 aromatic heterocycles. The first-order chi connectivity index (χ1) is 17.7. The quantitative estimate of drug-likeness (QED) is 0.245. The van der Waals surface area contributed by atoms with E-state index >= 15 is 0 Å². The summed E-state index contributed by atoms with van der Waals surface area (Å²) in [6.45, 7) is 9.62. The number of aliphatic hydroxyl groups is 1. The highest BCUT2D eigenvalue weighted by Crippen LogP contribution is 2.37. The first kappa shape index (κ1) is 30.4. The zero-order valence-electron chi connectivity index (χ0n) is 22.1. The van der Waals surface area contributed by atoms with Crippen LogP contribution in [0.25, 0.3) is 0 Å². The molecule has 38 heavy (non-hydrogen) atoms. The number of halogens is 3. The summed E-state index contributed by atoms with van der Waals surface area (Å²) in [7, 11) is -4.31. The molecule has 0 aliphatic carbocycles. The molecule has 0 aliphatic heterocycles. The fourth-order valence-corrected chi connectivity index (χ4v) is 6.90. The Kier molecular flexibility index (Phi) is 9.92. The summed E-state index contributed by atoms with van der Waals surface area (Å²) in [6.07, 6.45) is 2.46. The number of nitrogens with one attached hydrogen (secondary N) is 1. The van der Waals surface area contributed by atoms with Crippen molar-refractivity contribution in [2.45, 2.75) is 83.0 Å². The molecule has 6 nitrogen and oxygen atoms in total. The molecule has 1 heterocycles. The molecular formula is C27H34ClF2N3O3S2. The van der Waals surface area contributed by atoms with Gasteiger partial charge in [-0.3, -0.25) is 4.31 Å². The maximum absolute atomic E-state index is 14.9. The second kappa shape index (κ2) is 12.4. The van der Waals surface area contributed by atoms with E-state index in [-0.39, 0.29) is 10.9 Å². The van der Waals surface area contributed by atoms with Crippen LogP contribution in [0.2, 0.25) is 5.02 Å². The van der Waals surface area contributed by atoms with Gasteiger partial charge in [0.2, 0.25) is 0 Å². The molecule has 0 aliphatic rings. The standard InChI is InChI=1S/C27H34ClF2N3O3S2/c1-17(7-6-14-27(4,5)34)31-16-25-18(2)32-26(37-25)19(3)33(24-15-21(29)10-13-23(24)30)38(35,36)22-11-8-20(28)9-12-22/h8-13,15,17,19,31,34H,6-7,14,16H2,1-5H3. The third kappa shape index (κ3) is 7.72. The molecule has 0 fully saturated rings. The fraction of sp³-hybridized carbons (Fsp3) is 0.444. The Morgan fingerprint density at radius 3 is 2.45 bits per heavy atom. The maximum atomic E-state index is 14.9. The molecule has 0 radical (unpaired) electrons. The molecule has 0 saturated heterocycles. The summed E-state index contributed by atoms with van der Waals surface area (Å²) in [5.41, 5.74) is -0.365. The largest absolute Gasteiger partial charge is 0.390 e. The normalized spacial score (nSPS) is 13.9. The Morgan fingerprint density at radius 1 is 1.16 bits per heavy atom. The van der Waals surface area contributed by atoms with E-state index in [9.17, 15) is 22.3 Å². The molecule has 0 spiro atoms. The van der Waals surface area contributed by atoms with Crippen LogP contribution in [0.4, 0.5) is 14.5 Å². The number of aryl methyl sites for hydroxylation is 1. The average Bonchev–Trinajstić information content (AvgIpc) is 3.20. The Balaban J connectivity index is 1.89. The molecule has 2 aromatic carbocycles. The highest BCUT2D eigenvalue weighted by Gasteiger charge is 2.34. The van der Waals surface area contributed by atoms with E-state index in [4.69, 9.17) is 11.6 Å². The molecule has 0 bridgehead atoms. The minimum Gasteiger partial charge on any atom is -0.390 e. The lowest BCUT2D eigenvalue weighted by Crippen LogP contribution is -2.34. The first-order valence-corrected chi connectivity index (χ1v) is 15.0. The van der Waals surface area contributed by atoms with E-state index in [2.05, 4.69) is 17.2 Å². The van der Waals surface area contributed by atoms with Crippen molar-refractivity contribution in [3.8, 4) is 0 Å². The molecule has 0 amide bonds. The van der Waals surface area contributed by atoms with Gasteiger partial charge in [0.25, 0.3) is 10.0 Å². The monoisotopic (exact) mass is 585 g/mol. The molecule has 2 atom stereocenters. The summed E-state index contributed by atoms with van der Waals surface area (Å²) in [5.74, 6) is -1.63. The van der Waals surface area contributed by atoms with Crippen LogP contribution in [0.5, 0.6) is 0 Å². The number of hydrogen-bond donors (Lipinski definition) is 2. The third-order valence-electron chi connectivity index (χ3n) is 6.17. The number of benzene rings is 2. The van der Waals surface area contributed by atoms with E-state index < -0.39 is 39.0 Å². The number of thiazole rings is 1. The van der Waals surface area contributed by atoms with Gasteiger partial charge >= 0.3 is 0 Å². The SMILES string of the molecule is Cc1nc(C(C)N(c2cc(F)ccc2F)S(=O)(=O)c2ccc(Cl)cc2)sc1CNC(C)CCCC(C)(C)O. The minimum atomic E-state index is -4.31. The van der Waals surface area contributed by atoms with Gasteiger partial charge in [-0.25, -0.2) is 22.2 Å². The number of nitrogens with zero attached hydrogens (tertiary/aromatic N) is 2. The van der Waals surface area contributed by atoms with Gasteiger partial charge in [-0.15, -0.1) is 11.3 Å². The lowest BCUT2D eigenvalue weighted by Gasteiger charge is -2.29. The summed E-state index contributed by atoms with van der Waals surface area (Å²) in [6, 6.07) is 7.51. The summed E-state index contributed by atoms with van der Waals surface area (Å²) in [4.78, 5) is 5.42. The predicted octanol–water partition coefficient (Wildman–Crippen LogP) is 6.76. The van der Waals surface area contributed by atoms with Crippen LogP contribution in [0.15, 0.2) is 47.4 Å². The van der Waals surface area contributed by atoms with Gasteiger partial charge in [0.05, 0.1) is 27.9 Å². The average molecular weight is 586 g/mol. The predicted molar refractivity (Wildman–Crippen MR) is 149 cm³/mol. The van der Waals surface area contributed by atoms with Crippen LogP contribution in [-0.2, 0) is 16.6 Å². The molecule has 2 N–H and O–H groups in total. The van der Waals surface area contributed by atoms with Crippen molar-refractivity contribution >= 4 is 38.6 Å². The molecule has 11 heteroatoms. The number of aromatic nitrogens is 1. The van der Waals surface area contributed by atoms with Gasteiger partial charge in [-0.1, -0.05) is 11.6 Å². The van der Waals surface area contributed by atoms with E-state index in [1.165, 1.54) is 35.6 Å². The molecule has 3 aromatic rings. The molecule has 3 rings (SSSR count). The first-order valence-electron chi connectivity index (χ1n) is 12.4. The summed E-state index contributed by atoms with van der Waals surface area (Å²) >= 11 is 7.27. The van der Waals surface area contributed by atoms with Crippen LogP contribution < -0.4 is 9.62 Å². The van der Waals surface area contributed by atoms with Crippen LogP contribution in [0.1, 0.15) is 68.6 Å². The second-order valence-corrected chi connectivity index (χ2v) is 13.4.